The van der Waals surface area contributed by atoms with Crippen molar-refractivity contribution in [3.63, 3.8) is 0 Å². The minimum atomic E-state index is -3.50. The average Bonchev–Trinajstić information content (AvgIpc) is 3.15. The highest BCUT2D eigenvalue weighted by molar-refractivity contribution is 7.92. The highest BCUT2D eigenvalue weighted by Crippen LogP contribution is 2.35. The van der Waals surface area contributed by atoms with E-state index in [1.807, 2.05) is 6.07 Å². The standard InChI is InChI=1S/C24H26N2O5S2.ClH/c1-30-22(16-7-10-21(27)20(13-16)26-33(2,28)29)15-25-11-12-31-17-8-9-19-18-5-3-4-6-23(18)32-24(19)14-17;/h3-10,13-14,22,25-27H,11-12,15H2,1-2H3;1H. The van der Waals surface area contributed by atoms with Crippen LogP contribution >= 0.6 is 23.7 Å². The Hall–Kier alpha value is -2.56. The number of thiophene rings is 1. The van der Waals surface area contributed by atoms with Crippen LogP contribution in [0.3, 0.4) is 0 Å². The van der Waals surface area contributed by atoms with Crippen molar-refractivity contribution in [3.05, 3.63) is 66.2 Å². The van der Waals surface area contributed by atoms with E-state index in [2.05, 4.69) is 46.4 Å². The first-order chi connectivity index (χ1) is 15.8. The zero-order valence-corrected chi connectivity index (χ0v) is 21.2. The number of aromatic hydroxyl groups is 1. The molecule has 0 saturated carbocycles. The summed E-state index contributed by atoms with van der Waals surface area (Å²) >= 11 is 1.76. The van der Waals surface area contributed by atoms with Gasteiger partial charge in [-0.2, -0.15) is 0 Å². The van der Waals surface area contributed by atoms with Crippen LogP contribution in [0.15, 0.2) is 60.7 Å². The first-order valence-corrected chi connectivity index (χ1v) is 13.1. The van der Waals surface area contributed by atoms with Crippen LogP contribution in [0.1, 0.15) is 11.7 Å². The Kier molecular flexibility index (Phi) is 8.62. The number of phenolic OH excluding ortho intramolecular Hbond substituents is 1. The lowest BCUT2D eigenvalue weighted by atomic mass is 10.1. The van der Waals surface area contributed by atoms with Gasteiger partial charge in [0.25, 0.3) is 0 Å². The van der Waals surface area contributed by atoms with Crippen molar-refractivity contribution in [1.82, 2.24) is 5.32 Å². The third kappa shape index (κ3) is 6.31. The summed E-state index contributed by atoms with van der Waals surface area (Å²) < 4.78 is 39.2. The van der Waals surface area contributed by atoms with Crippen molar-refractivity contribution >= 4 is 59.6 Å². The van der Waals surface area contributed by atoms with Gasteiger partial charge < -0.3 is 19.9 Å². The molecule has 1 heterocycles. The van der Waals surface area contributed by atoms with Crippen molar-refractivity contribution in [2.75, 3.05) is 37.8 Å². The number of benzene rings is 3. The second-order valence-corrected chi connectivity index (χ2v) is 10.5. The van der Waals surface area contributed by atoms with Gasteiger partial charge in [-0.25, -0.2) is 8.42 Å². The van der Waals surface area contributed by atoms with E-state index >= 15 is 0 Å². The monoisotopic (exact) mass is 522 g/mol. The molecule has 0 amide bonds. The van der Waals surface area contributed by atoms with E-state index in [0.717, 1.165) is 17.6 Å². The van der Waals surface area contributed by atoms with E-state index in [1.54, 1.807) is 30.6 Å². The highest BCUT2D eigenvalue weighted by atomic mass is 35.5. The predicted octanol–water partition coefficient (Wildman–Crippen LogP) is 4.91. The molecule has 0 saturated heterocycles. The zero-order valence-electron chi connectivity index (χ0n) is 18.8. The number of ether oxygens (including phenoxy) is 2. The van der Waals surface area contributed by atoms with Crippen molar-refractivity contribution in [2.45, 2.75) is 6.10 Å². The van der Waals surface area contributed by atoms with Gasteiger partial charge >= 0.3 is 0 Å². The summed E-state index contributed by atoms with van der Waals surface area (Å²) in [5.74, 6) is 0.685. The first kappa shape index (κ1) is 26.1. The number of phenols is 1. The second-order valence-electron chi connectivity index (χ2n) is 7.68. The molecular formula is C24H27ClN2O5S2. The van der Waals surface area contributed by atoms with Crippen LogP contribution in [0.2, 0.25) is 0 Å². The Morgan fingerprint density at radius 3 is 2.56 bits per heavy atom. The predicted molar refractivity (Wildman–Crippen MR) is 141 cm³/mol. The van der Waals surface area contributed by atoms with Gasteiger partial charge in [0, 0.05) is 40.4 Å². The van der Waals surface area contributed by atoms with Gasteiger partial charge in [0.1, 0.15) is 18.1 Å². The summed E-state index contributed by atoms with van der Waals surface area (Å²) in [4.78, 5) is 0. The molecule has 182 valence electrons. The maximum Gasteiger partial charge on any atom is 0.229 e. The number of methoxy groups -OCH3 is 1. The topological polar surface area (TPSA) is 96.9 Å². The normalized spacial score (nSPS) is 12.4. The SMILES string of the molecule is COC(CNCCOc1ccc2c(c1)sc1ccccc12)c1ccc(O)c(NS(C)(=O)=O)c1.Cl. The number of sulfonamides is 1. The first-order valence-electron chi connectivity index (χ1n) is 10.4. The number of anilines is 1. The summed E-state index contributed by atoms with van der Waals surface area (Å²) in [5, 5.41) is 15.7. The molecule has 0 aliphatic carbocycles. The third-order valence-corrected chi connectivity index (χ3v) is 6.92. The van der Waals surface area contributed by atoms with Crippen LogP contribution in [0, 0.1) is 0 Å². The third-order valence-electron chi connectivity index (χ3n) is 5.20. The molecule has 1 aromatic heterocycles. The van der Waals surface area contributed by atoms with Crippen LogP contribution in [0.5, 0.6) is 11.5 Å². The minimum absolute atomic E-state index is 0. The maximum absolute atomic E-state index is 11.5. The minimum Gasteiger partial charge on any atom is -0.506 e. The van der Waals surface area contributed by atoms with Crippen LogP contribution in [-0.4, -0.2) is 46.6 Å². The molecule has 0 spiro atoms. The van der Waals surface area contributed by atoms with Crippen LogP contribution in [0.4, 0.5) is 5.69 Å². The Morgan fingerprint density at radius 1 is 1.03 bits per heavy atom. The number of halogens is 1. The number of fused-ring (bicyclic) bond motifs is 3. The van der Waals surface area contributed by atoms with Gasteiger partial charge in [-0.1, -0.05) is 24.3 Å². The number of hydrogen-bond donors (Lipinski definition) is 3. The molecule has 3 aromatic carbocycles. The molecular weight excluding hydrogens is 496 g/mol. The molecule has 0 fully saturated rings. The molecule has 0 aliphatic heterocycles. The Bertz CT molecular complexity index is 1370. The molecule has 10 heteroatoms. The van der Waals surface area contributed by atoms with E-state index in [4.69, 9.17) is 9.47 Å². The maximum atomic E-state index is 11.5. The Labute approximate surface area is 209 Å². The summed E-state index contributed by atoms with van der Waals surface area (Å²) in [6, 6.07) is 19.3. The summed E-state index contributed by atoms with van der Waals surface area (Å²) in [7, 11) is -1.92. The van der Waals surface area contributed by atoms with Crippen LogP contribution < -0.4 is 14.8 Å². The molecule has 0 aliphatic rings. The number of nitrogens with one attached hydrogen (secondary N) is 2. The van der Waals surface area contributed by atoms with Gasteiger partial charge in [-0.15, -0.1) is 23.7 Å². The molecule has 34 heavy (non-hydrogen) atoms. The largest absolute Gasteiger partial charge is 0.506 e. The highest BCUT2D eigenvalue weighted by Gasteiger charge is 2.14. The molecule has 1 atom stereocenters. The lowest BCUT2D eigenvalue weighted by Gasteiger charge is -2.18. The number of hydrogen-bond acceptors (Lipinski definition) is 7. The quantitative estimate of drug-likeness (QED) is 0.202. The molecule has 4 rings (SSSR count). The van der Waals surface area contributed by atoms with Crippen molar-refractivity contribution in [1.29, 1.82) is 0 Å². The lowest BCUT2D eigenvalue weighted by Crippen LogP contribution is -2.27. The molecule has 1 unspecified atom stereocenters. The van der Waals surface area contributed by atoms with E-state index in [9.17, 15) is 13.5 Å². The van der Waals surface area contributed by atoms with Crippen molar-refractivity contribution in [3.8, 4) is 11.5 Å². The second kappa shape index (κ2) is 11.2. The Morgan fingerprint density at radius 2 is 1.79 bits per heavy atom. The van der Waals surface area contributed by atoms with Crippen LogP contribution in [-0.2, 0) is 14.8 Å². The molecule has 7 nitrogen and oxygen atoms in total. The Balaban J connectivity index is 0.00000324. The summed E-state index contributed by atoms with van der Waals surface area (Å²) in [6.07, 6.45) is 0.716. The molecule has 0 bridgehead atoms. The van der Waals surface area contributed by atoms with Gasteiger partial charge in [-0.05, 0) is 42.0 Å². The smallest absolute Gasteiger partial charge is 0.229 e. The molecule has 0 radical (unpaired) electrons. The fraction of sp³-hybridized carbons (Fsp3) is 0.250. The van der Waals surface area contributed by atoms with E-state index in [0.29, 0.717) is 19.7 Å². The van der Waals surface area contributed by atoms with Crippen LogP contribution in [0.25, 0.3) is 20.2 Å². The van der Waals surface area contributed by atoms with E-state index < -0.39 is 10.0 Å². The zero-order chi connectivity index (χ0) is 23.4. The average molecular weight is 523 g/mol. The summed E-state index contributed by atoms with van der Waals surface area (Å²) in [6.45, 7) is 1.60. The molecule has 3 N–H and O–H groups in total. The van der Waals surface area contributed by atoms with E-state index in [-0.39, 0.29) is 29.9 Å². The molecule has 4 aromatic rings. The van der Waals surface area contributed by atoms with Crippen molar-refractivity contribution in [2.24, 2.45) is 0 Å². The van der Waals surface area contributed by atoms with Gasteiger partial charge in [0.15, 0.2) is 0 Å². The van der Waals surface area contributed by atoms with Gasteiger partial charge in [0.2, 0.25) is 10.0 Å². The fourth-order valence-electron chi connectivity index (χ4n) is 3.64. The lowest BCUT2D eigenvalue weighted by molar-refractivity contribution is 0.101. The number of rotatable bonds is 10. The fourth-order valence-corrected chi connectivity index (χ4v) is 5.34. The van der Waals surface area contributed by atoms with E-state index in [1.165, 1.54) is 26.2 Å². The van der Waals surface area contributed by atoms with Crippen molar-refractivity contribution < 1.29 is 23.0 Å². The summed E-state index contributed by atoms with van der Waals surface area (Å²) in [5.41, 5.74) is 0.863. The van der Waals surface area contributed by atoms with Gasteiger partial charge in [0.05, 0.1) is 18.0 Å². The van der Waals surface area contributed by atoms with Gasteiger partial charge in [-0.3, -0.25) is 4.72 Å².